The van der Waals surface area contributed by atoms with Crippen molar-refractivity contribution < 1.29 is 23.1 Å². The van der Waals surface area contributed by atoms with Crippen molar-refractivity contribution in [3.05, 3.63) is 80.7 Å². The molecule has 0 amide bonds. The highest BCUT2D eigenvalue weighted by molar-refractivity contribution is 6.31. The zero-order valence-electron chi connectivity index (χ0n) is 18.4. The minimum absolute atomic E-state index is 0.00551. The average molecular weight is 541 g/mol. The van der Waals surface area contributed by atoms with Crippen LogP contribution in [0.4, 0.5) is 13.2 Å². The first-order valence-corrected chi connectivity index (χ1v) is 11.1. The first-order chi connectivity index (χ1) is 16.9. The molecule has 0 aliphatic heterocycles. The van der Waals surface area contributed by atoms with Crippen molar-refractivity contribution in [1.82, 2.24) is 29.1 Å². The van der Waals surface area contributed by atoms with Gasteiger partial charge in [0.25, 0.3) is 0 Å². The number of carbonyl (C=O) groups excluding carboxylic acids is 1. The summed E-state index contributed by atoms with van der Waals surface area (Å²) in [6.45, 7) is -0.154. The highest BCUT2D eigenvalue weighted by Gasteiger charge is 2.39. The van der Waals surface area contributed by atoms with Crippen LogP contribution in [-0.2, 0) is 13.1 Å². The van der Waals surface area contributed by atoms with Crippen molar-refractivity contribution in [3.63, 3.8) is 0 Å². The lowest BCUT2D eigenvalue weighted by atomic mass is 10.2. The zero-order chi connectivity index (χ0) is 26.2. The van der Waals surface area contributed by atoms with Crippen molar-refractivity contribution >= 4 is 29.0 Å². The number of rotatable bonds is 7. The molecule has 0 aliphatic carbocycles. The Labute approximate surface area is 211 Å². The van der Waals surface area contributed by atoms with Crippen molar-refractivity contribution in [1.29, 1.82) is 0 Å². The summed E-state index contributed by atoms with van der Waals surface area (Å²) in [5.74, 6) is -0.570. The predicted octanol–water partition coefficient (Wildman–Crippen LogP) is 3.77. The van der Waals surface area contributed by atoms with Crippen molar-refractivity contribution in [2.75, 3.05) is 0 Å². The van der Waals surface area contributed by atoms with Crippen LogP contribution in [0.3, 0.4) is 0 Å². The third kappa shape index (κ3) is 5.35. The molecule has 4 aromatic rings. The van der Waals surface area contributed by atoms with E-state index in [1.807, 2.05) is 0 Å². The first-order valence-electron chi connectivity index (χ1n) is 10.3. The first kappa shape index (κ1) is 25.6. The average Bonchev–Trinajstić information content (AvgIpc) is 3.36. The lowest BCUT2D eigenvalue weighted by Crippen LogP contribution is -2.37. The summed E-state index contributed by atoms with van der Waals surface area (Å²) < 4.78 is 42.0. The zero-order valence-corrected chi connectivity index (χ0v) is 20.0. The molecular formula is C22H17Cl2F3N6O3. The number of Topliss-reactive ketones (excluding diaryl/α,β-unsaturated/α-hetero) is 1. The van der Waals surface area contributed by atoms with Gasteiger partial charge in [-0.15, -0.1) is 10.2 Å². The number of aliphatic hydroxyl groups excluding tert-OH is 1. The van der Waals surface area contributed by atoms with E-state index >= 15 is 0 Å². The number of nitrogens with zero attached hydrogens (tertiary/aromatic N) is 6. The van der Waals surface area contributed by atoms with Gasteiger partial charge in [-0.25, -0.2) is 19.1 Å². The van der Waals surface area contributed by atoms with E-state index in [0.29, 0.717) is 25.9 Å². The van der Waals surface area contributed by atoms with Gasteiger partial charge in [-0.1, -0.05) is 29.3 Å². The molecule has 4 rings (SSSR count). The summed E-state index contributed by atoms with van der Waals surface area (Å²) in [6.07, 6.45) is -7.75. The summed E-state index contributed by atoms with van der Waals surface area (Å²) in [4.78, 5) is 29.4. The summed E-state index contributed by atoms with van der Waals surface area (Å²) in [5, 5.41) is 18.8. The summed E-state index contributed by atoms with van der Waals surface area (Å²) in [7, 11) is 0. The molecule has 0 unspecified atom stereocenters. The largest absolute Gasteiger partial charge is 0.416 e. The number of halogens is 5. The Bertz CT molecular complexity index is 1480. The fraction of sp³-hybridized carbons (Fsp3) is 0.227. The maximum absolute atomic E-state index is 13.0. The number of carbonyl (C=O) groups is 1. The molecule has 9 nitrogen and oxygen atoms in total. The third-order valence-corrected chi connectivity index (χ3v) is 5.56. The van der Waals surface area contributed by atoms with Gasteiger partial charge in [0.1, 0.15) is 6.54 Å². The summed E-state index contributed by atoms with van der Waals surface area (Å²) >= 11 is 11.9. The van der Waals surface area contributed by atoms with Crippen LogP contribution in [0.2, 0.25) is 10.0 Å². The van der Waals surface area contributed by atoms with Gasteiger partial charge in [-0.2, -0.15) is 13.2 Å². The van der Waals surface area contributed by atoms with Gasteiger partial charge in [-0.3, -0.25) is 9.36 Å². The molecule has 2 heterocycles. The van der Waals surface area contributed by atoms with Crippen LogP contribution >= 0.6 is 23.2 Å². The van der Waals surface area contributed by atoms with Crippen LogP contribution in [-0.4, -0.2) is 52.3 Å². The third-order valence-electron chi connectivity index (χ3n) is 5.07. The molecule has 0 saturated carbocycles. The molecule has 188 valence electrons. The topological polar surface area (TPSA) is 108 Å². The molecular weight excluding hydrogens is 524 g/mol. The summed E-state index contributed by atoms with van der Waals surface area (Å²) in [5.41, 5.74) is -0.197. The number of alkyl halides is 3. The molecule has 1 atom stereocenters. The van der Waals surface area contributed by atoms with Crippen LogP contribution in [0.5, 0.6) is 0 Å². The van der Waals surface area contributed by atoms with E-state index < -0.39 is 30.3 Å². The Kier molecular flexibility index (Phi) is 7.03. The second kappa shape index (κ2) is 9.88. The molecule has 2 aromatic carbocycles. The molecule has 36 heavy (non-hydrogen) atoms. The number of aromatic nitrogens is 6. The minimum Gasteiger partial charge on any atom is -0.382 e. The molecule has 0 spiro atoms. The summed E-state index contributed by atoms with van der Waals surface area (Å²) in [6, 6.07) is 12.4. The van der Waals surface area contributed by atoms with Gasteiger partial charge in [0.15, 0.2) is 29.4 Å². The molecule has 1 N–H and O–H groups in total. The van der Waals surface area contributed by atoms with Gasteiger partial charge >= 0.3 is 11.9 Å². The van der Waals surface area contributed by atoms with Crippen LogP contribution in [0.1, 0.15) is 23.4 Å². The quantitative estimate of drug-likeness (QED) is 0.357. The monoisotopic (exact) mass is 540 g/mol. The second-order valence-electron chi connectivity index (χ2n) is 7.74. The fourth-order valence-corrected chi connectivity index (χ4v) is 3.68. The highest BCUT2D eigenvalue weighted by Crippen LogP contribution is 2.24. The highest BCUT2D eigenvalue weighted by atomic mass is 35.5. The van der Waals surface area contributed by atoms with Crippen LogP contribution in [0, 0.1) is 0 Å². The van der Waals surface area contributed by atoms with E-state index in [9.17, 15) is 27.9 Å². The second-order valence-corrected chi connectivity index (χ2v) is 8.61. The van der Waals surface area contributed by atoms with E-state index in [1.165, 1.54) is 35.9 Å². The molecule has 0 fully saturated rings. The lowest BCUT2D eigenvalue weighted by molar-refractivity contribution is -0.207. The molecule has 14 heteroatoms. The smallest absolute Gasteiger partial charge is 0.382 e. The van der Waals surface area contributed by atoms with Gasteiger partial charge in [0.2, 0.25) is 0 Å². The van der Waals surface area contributed by atoms with E-state index in [2.05, 4.69) is 15.2 Å². The predicted molar refractivity (Wildman–Crippen MR) is 124 cm³/mol. The van der Waals surface area contributed by atoms with Crippen LogP contribution < -0.4 is 5.69 Å². The van der Waals surface area contributed by atoms with E-state index in [-0.39, 0.29) is 24.0 Å². The maximum Gasteiger partial charge on any atom is 0.416 e. The molecule has 2 aromatic heterocycles. The van der Waals surface area contributed by atoms with Crippen LogP contribution in [0.15, 0.2) is 53.3 Å². The number of benzene rings is 2. The number of aliphatic hydroxyl groups is 1. The molecule has 0 saturated heterocycles. The van der Waals surface area contributed by atoms with Gasteiger partial charge in [0.05, 0.1) is 12.2 Å². The van der Waals surface area contributed by atoms with Gasteiger partial charge < -0.3 is 5.11 Å². The fourth-order valence-electron chi connectivity index (χ4n) is 3.37. The minimum atomic E-state index is -4.95. The van der Waals surface area contributed by atoms with Gasteiger partial charge in [0, 0.05) is 22.5 Å². The number of hydrogen-bond acceptors (Lipinski definition) is 6. The van der Waals surface area contributed by atoms with E-state index in [4.69, 9.17) is 23.2 Å². The molecule has 0 aliphatic rings. The Morgan fingerprint density at radius 2 is 1.78 bits per heavy atom. The SMILES string of the molecule is CC(=O)c1nc(Cn2nc(-c3ccc(Cl)cc3)n(C[C@H](O)C(F)(F)F)c2=O)nn1-c1cccc(Cl)c1. The maximum atomic E-state index is 13.0. The molecule has 0 bridgehead atoms. The van der Waals surface area contributed by atoms with Crippen molar-refractivity contribution in [2.24, 2.45) is 0 Å². The van der Waals surface area contributed by atoms with Gasteiger partial charge in [-0.05, 0) is 42.5 Å². The van der Waals surface area contributed by atoms with E-state index in [1.54, 1.807) is 24.3 Å². The molecule has 0 radical (unpaired) electrons. The Morgan fingerprint density at radius 3 is 2.39 bits per heavy atom. The van der Waals surface area contributed by atoms with E-state index in [0.717, 1.165) is 4.68 Å². The van der Waals surface area contributed by atoms with Crippen molar-refractivity contribution in [2.45, 2.75) is 32.3 Å². The lowest BCUT2D eigenvalue weighted by Gasteiger charge is -2.15. The number of ketones is 1. The van der Waals surface area contributed by atoms with Crippen molar-refractivity contribution in [3.8, 4) is 17.1 Å². The standard InChI is InChI=1S/C22H17Cl2F3N6O3/c1-12(34)19-28-18(29-33(19)16-4-2-3-15(24)9-16)11-32-21(36)31(10-17(35)22(25,26)27)20(30-32)13-5-7-14(23)8-6-13/h2-9,17,35H,10-11H2,1H3/t17-/m0/s1. The Morgan fingerprint density at radius 1 is 1.08 bits per heavy atom. The Hall–Kier alpha value is -3.48. The Balaban J connectivity index is 1.77. The number of hydrogen-bond donors (Lipinski definition) is 1. The van der Waals surface area contributed by atoms with Crippen LogP contribution in [0.25, 0.3) is 17.1 Å². The normalized spacial score (nSPS) is 12.6.